The van der Waals surface area contributed by atoms with Crippen molar-refractivity contribution in [1.29, 1.82) is 0 Å². The van der Waals surface area contributed by atoms with Gasteiger partial charge in [-0.3, -0.25) is 0 Å². The first-order chi connectivity index (χ1) is 8.72. The molecule has 0 aromatic rings. The molecule has 0 aromatic heterocycles. The topological polar surface area (TPSA) is 15.3 Å². The van der Waals surface area contributed by atoms with Gasteiger partial charge in [-0.25, -0.2) is 0 Å². The van der Waals surface area contributed by atoms with E-state index in [1.54, 1.807) is 0 Å². The van der Waals surface area contributed by atoms with Gasteiger partial charge in [0.25, 0.3) is 0 Å². The highest BCUT2D eigenvalue weighted by atomic mass is 15.1. The Morgan fingerprint density at radius 2 is 1.83 bits per heavy atom. The molecule has 0 aromatic carbocycles. The van der Waals surface area contributed by atoms with Gasteiger partial charge in [0.05, 0.1) is 0 Å². The molecule has 3 fully saturated rings. The SMILES string of the molecule is CC1CN(C)CCC1NC1CCCC(C2CC2)C1. The van der Waals surface area contributed by atoms with Crippen LogP contribution in [0.4, 0.5) is 0 Å². The summed E-state index contributed by atoms with van der Waals surface area (Å²) >= 11 is 0. The highest BCUT2D eigenvalue weighted by molar-refractivity contribution is 4.91. The first kappa shape index (κ1) is 12.9. The van der Waals surface area contributed by atoms with Crippen LogP contribution in [0.5, 0.6) is 0 Å². The highest BCUT2D eigenvalue weighted by Crippen LogP contribution is 2.44. The third-order valence-corrected chi connectivity index (χ3v) is 5.56. The predicted octanol–water partition coefficient (Wildman–Crippen LogP) is 2.89. The Morgan fingerprint density at radius 3 is 2.56 bits per heavy atom. The summed E-state index contributed by atoms with van der Waals surface area (Å²) in [5, 5.41) is 4.01. The molecule has 4 atom stereocenters. The molecule has 4 unspecified atom stereocenters. The molecule has 0 spiro atoms. The Kier molecular flexibility index (Phi) is 3.95. The maximum absolute atomic E-state index is 4.01. The van der Waals surface area contributed by atoms with Crippen LogP contribution in [-0.2, 0) is 0 Å². The minimum atomic E-state index is 0.782. The van der Waals surface area contributed by atoms with Crippen LogP contribution in [-0.4, -0.2) is 37.1 Å². The highest BCUT2D eigenvalue weighted by Gasteiger charge is 2.35. The molecule has 1 N–H and O–H groups in total. The monoisotopic (exact) mass is 250 g/mol. The van der Waals surface area contributed by atoms with Gasteiger partial charge in [0.1, 0.15) is 0 Å². The summed E-state index contributed by atoms with van der Waals surface area (Å²) in [5.41, 5.74) is 0. The predicted molar refractivity (Wildman–Crippen MR) is 76.7 cm³/mol. The lowest BCUT2D eigenvalue weighted by Crippen LogP contribution is -2.51. The van der Waals surface area contributed by atoms with Gasteiger partial charge in [-0.1, -0.05) is 19.8 Å². The van der Waals surface area contributed by atoms with E-state index in [0.717, 1.165) is 29.8 Å². The van der Waals surface area contributed by atoms with E-state index in [1.165, 1.54) is 58.0 Å². The normalized spacial score (nSPS) is 43.0. The third kappa shape index (κ3) is 3.08. The Labute approximate surface area is 113 Å². The van der Waals surface area contributed by atoms with Gasteiger partial charge in [0, 0.05) is 18.6 Å². The van der Waals surface area contributed by atoms with E-state index in [4.69, 9.17) is 0 Å². The van der Waals surface area contributed by atoms with Crippen LogP contribution in [0, 0.1) is 17.8 Å². The second kappa shape index (κ2) is 5.50. The molecule has 3 rings (SSSR count). The Morgan fingerprint density at radius 1 is 1.00 bits per heavy atom. The van der Waals surface area contributed by atoms with Crippen molar-refractivity contribution in [3.05, 3.63) is 0 Å². The molecule has 1 saturated heterocycles. The van der Waals surface area contributed by atoms with Crippen molar-refractivity contribution in [2.24, 2.45) is 17.8 Å². The minimum Gasteiger partial charge on any atom is -0.311 e. The standard InChI is InChI=1S/C16H30N2/c1-12-11-18(2)9-8-16(12)17-15-5-3-4-14(10-15)13-6-7-13/h12-17H,3-11H2,1-2H3. The molecular formula is C16H30N2. The van der Waals surface area contributed by atoms with E-state index >= 15 is 0 Å². The van der Waals surface area contributed by atoms with E-state index in [0.29, 0.717) is 0 Å². The fourth-order valence-electron chi connectivity index (χ4n) is 4.28. The Balaban J connectivity index is 1.49. The van der Waals surface area contributed by atoms with Crippen LogP contribution < -0.4 is 5.32 Å². The number of hydrogen-bond acceptors (Lipinski definition) is 2. The Hall–Kier alpha value is -0.0800. The molecule has 2 nitrogen and oxygen atoms in total. The lowest BCUT2D eigenvalue weighted by atomic mass is 9.81. The summed E-state index contributed by atoms with van der Waals surface area (Å²) in [6.45, 7) is 4.98. The molecule has 18 heavy (non-hydrogen) atoms. The number of hydrogen-bond donors (Lipinski definition) is 1. The van der Waals surface area contributed by atoms with Crippen molar-refractivity contribution in [2.75, 3.05) is 20.1 Å². The third-order valence-electron chi connectivity index (χ3n) is 5.56. The summed E-state index contributed by atoms with van der Waals surface area (Å²) in [6, 6.07) is 1.62. The molecule has 0 bridgehead atoms. The maximum atomic E-state index is 4.01. The number of likely N-dealkylation sites (tertiary alicyclic amines) is 1. The van der Waals surface area contributed by atoms with Crippen LogP contribution in [0.15, 0.2) is 0 Å². The van der Waals surface area contributed by atoms with Gasteiger partial charge in [0.2, 0.25) is 0 Å². The quantitative estimate of drug-likeness (QED) is 0.828. The zero-order valence-corrected chi connectivity index (χ0v) is 12.2. The molecule has 2 aliphatic carbocycles. The van der Waals surface area contributed by atoms with Crippen LogP contribution in [0.3, 0.4) is 0 Å². The second-order valence-electron chi connectivity index (χ2n) is 7.26. The van der Waals surface area contributed by atoms with Crippen LogP contribution in [0.2, 0.25) is 0 Å². The molecular weight excluding hydrogens is 220 g/mol. The van der Waals surface area contributed by atoms with E-state index in [2.05, 4.69) is 24.2 Å². The number of nitrogens with one attached hydrogen (secondary N) is 1. The summed E-state index contributed by atoms with van der Waals surface area (Å²) in [5.74, 6) is 3.01. The fourth-order valence-corrected chi connectivity index (χ4v) is 4.28. The Bertz CT molecular complexity index is 274. The van der Waals surface area contributed by atoms with Crippen LogP contribution in [0.25, 0.3) is 0 Å². The maximum Gasteiger partial charge on any atom is 0.0120 e. The molecule has 1 aliphatic heterocycles. The summed E-state index contributed by atoms with van der Waals surface area (Å²) < 4.78 is 0. The number of rotatable bonds is 3. The smallest absolute Gasteiger partial charge is 0.0120 e. The zero-order valence-electron chi connectivity index (χ0n) is 12.2. The van der Waals surface area contributed by atoms with Gasteiger partial charge >= 0.3 is 0 Å². The van der Waals surface area contributed by atoms with E-state index in [1.807, 2.05) is 0 Å². The second-order valence-corrected chi connectivity index (χ2v) is 7.26. The largest absolute Gasteiger partial charge is 0.311 e. The van der Waals surface area contributed by atoms with Gasteiger partial charge in [-0.2, -0.15) is 0 Å². The molecule has 3 aliphatic rings. The lowest BCUT2D eigenvalue weighted by molar-refractivity contribution is 0.149. The molecule has 104 valence electrons. The van der Waals surface area contributed by atoms with Crippen molar-refractivity contribution >= 4 is 0 Å². The van der Waals surface area contributed by atoms with Gasteiger partial charge in [-0.15, -0.1) is 0 Å². The molecule has 1 heterocycles. The van der Waals surface area contributed by atoms with E-state index in [-0.39, 0.29) is 0 Å². The zero-order chi connectivity index (χ0) is 12.5. The molecule has 2 heteroatoms. The molecule has 2 saturated carbocycles. The van der Waals surface area contributed by atoms with Gasteiger partial charge in [-0.05, 0) is 63.5 Å². The number of piperidine rings is 1. The summed E-state index contributed by atoms with van der Waals surface area (Å²) in [6.07, 6.45) is 10.3. The van der Waals surface area contributed by atoms with Crippen LogP contribution in [0.1, 0.15) is 51.9 Å². The van der Waals surface area contributed by atoms with Crippen molar-refractivity contribution in [3.63, 3.8) is 0 Å². The van der Waals surface area contributed by atoms with Gasteiger partial charge < -0.3 is 10.2 Å². The molecule has 0 radical (unpaired) electrons. The number of nitrogens with zero attached hydrogens (tertiary/aromatic N) is 1. The van der Waals surface area contributed by atoms with Crippen molar-refractivity contribution in [3.8, 4) is 0 Å². The van der Waals surface area contributed by atoms with Gasteiger partial charge in [0.15, 0.2) is 0 Å². The minimum absolute atomic E-state index is 0.782. The van der Waals surface area contributed by atoms with Crippen LogP contribution >= 0.6 is 0 Å². The first-order valence-corrected chi connectivity index (χ1v) is 8.17. The van der Waals surface area contributed by atoms with Crippen molar-refractivity contribution in [2.45, 2.75) is 64.0 Å². The lowest BCUT2D eigenvalue weighted by Gasteiger charge is -2.39. The fraction of sp³-hybridized carbons (Fsp3) is 1.00. The molecule has 0 amide bonds. The van der Waals surface area contributed by atoms with Crippen molar-refractivity contribution < 1.29 is 0 Å². The first-order valence-electron chi connectivity index (χ1n) is 8.17. The summed E-state index contributed by atoms with van der Waals surface area (Å²) in [4.78, 5) is 2.48. The van der Waals surface area contributed by atoms with Crippen molar-refractivity contribution in [1.82, 2.24) is 10.2 Å². The average molecular weight is 250 g/mol. The summed E-state index contributed by atoms with van der Waals surface area (Å²) in [7, 11) is 2.26. The van der Waals surface area contributed by atoms with E-state index in [9.17, 15) is 0 Å². The van der Waals surface area contributed by atoms with E-state index < -0.39 is 0 Å². The average Bonchev–Trinajstić information content (AvgIpc) is 3.17.